The van der Waals surface area contributed by atoms with Crippen LogP contribution in [0.15, 0.2) is 53.5 Å². The molecule has 0 radical (unpaired) electrons. The Labute approximate surface area is 370 Å². The first kappa shape index (κ1) is 49.5. The lowest BCUT2D eigenvalue weighted by atomic mass is 10.1. The van der Waals surface area contributed by atoms with Crippen LogP contribution in [0.5, 0.6) is 11.5 Å². The molecule has 65 heavy (non-hydrogen) atoms. The Morgan fingerprint density at radius 2 is 1.03 bits per heavy atom. The molecule has 17 nitrogen and oxygen atoms in total. The van der Waals surface area contributed by atoms with Gasteiger partial charge in [-0.2, -0.15) is 26.3 Å². The maximum atomic E-state index is 14.2. The largest absolute Gasteiger partial charge is 0.485 e. The highest BCUT2D eigenvalue weighted by Gasteiger charge is 2.35. The summed E-state index contributed by atoms with van der Waals surface area (Å²) in [6, 6.07) is 6.30. The number of hydrogen-bond donors (Lipinski definition) is 10. The van der Waals surface area contributed by atoms with Gasteiger partial charge in [0.05, 0.1) is 33.9 Å². The molecule has 2 aliphatic heterocycles. The first-order valence-corrected chi connectivity index (χ1v) is 21.0. The van der Waals surface area contributed by atoms with E-state index in [1.165, 1.54) is 24.3 Å². The van der Waals surface area contributed by atoms with Gasteiger partial charge in [0.1, 0.15) is 12.2 Å². The molecule has 0 aromatic heterocycles. The number of halogens is 6. The third kappa shape index (κ3) is 15.6. The Hall–Kier alpha value is -6.49. The number of ether oxygens (including phenoxy) is 2. The highest BCUT2D eigenvalue weighted by atomic mass is 19.4. The molecule has 23 heteroatoms. The second-order valence-corrected chi connectivity index (χ2v) is 15.3. The van der Waals surface area contributed by atoms with E-state index in [-0.39, 0.29) is 71.0 Å². The third-order valence-electron chi connectivity index (χ3n) is 9.99. The molecule has 3 aromatic rings. The number of amides is 6. The normalized spacial score (nSPS) is 16.0. The Kier molecular flexibility index (Phi) is 17.5. The lowest BCUT2D eigenvalue weighted by Crippen LogP contribution is -2.25. The standard InChI is InChI=1S/C42H53F6N11O6/c1-2-3-4-7-34(60)56-30-18-24(41(43,44)45)20-32(36(30)64-28-13-16-51-22-28)58-39(62)54-26-9-11-27(12-10-26)55-40(63)59-33-21-25(42(46,47)48)19-31(37(33)65-29-14-17-52-23-29)57-35(61)8-5-6-15-53-38(49)50/h9-12,18-21,28-29,51-52H,2-8,13-17,22-23H2,1H3,(H,56,60)(H,57,61)(H4,49,50,53)(H2,54,58,62)(H2,55,59,63). The van der Waals surface area contributed by atoms with Crippen LogP contribution in [0, 0.1) is 0 Å². The lowest BCUT2D eigenvalue weighted by Gasteiger charge is -2.22. The summed E-state index contributed by atoms with van der Waals surface area (Å²) in [6.07, 6.45) is -6.85. The number of rotatable bonds is 19. The number of carbonyl (C=O) groups is 4. The number of anilines is 6. The summed E-state index contributed by atoms with van der Waals surface area (Å²) in [5.41, 5.74) is 7.24. The van der Waals surface area contributed by atoms with Gasteiger partial charge < -0.3 is 63.5 Å². The highest BCUT2D eigenvalue weighted by Crippen LogP contribution is 2.43. The maximum absolute atomic E-state index is 14.2. The number of benzene rings is 3. The molecule has 0 saturated carbocycles. The van der Waals surface area contributed by atoms with Gasteiger partial charge in [-0.25, -0.2) is 9.59 Å². The van der Waals surface area contributed by atoms with Crippen LogP contribution in [0.1, 0.15) is 75.8 Å². The summed E-state index contributed by atoms with van der Waals surface area (Å²) in [6.45, 7) is 4.09. The van der Waals surface area contributed by atoms with Gasteiger partial charge in [0.2, 0.25) is 11.8 Å². The predicted octanol–water partition coefficient (Wildman–Crippen LogP) is 7.39. The molecule has 6 amide bonds. The van der Waals surface area contributed by atoms with E-state index in [1.807, 2.05) is 6.92 Å². The molecule has 2 unspecified atom stereocenters. The van der Waals surface area contributed by atoms with E-state index in [1.54, 1.807) is 0 Å². The summed E-state index contributed by atoms with van der Waals surface area (Å²) >= 11 is 0. The summed E-state index contributed by atoms with van der Waals surface area (Å²) in [5, 5.41) is 21.0. The van der Waals surface area contributed by atoms with Gasteiger partial charge in [-0.1, -0.05) is 19.8 Å². The fraction of sp³-hybridized carbons (Fsp3) is 0.452. The van der Waals surface area contributed by atoms with Gasteiger partial charge >= 0.3 is 24.4 Å². The monoisotopic (exact) mass is 921 g/mol. The van der Waals surface area contributed by atoms with Gasteiger partial charge in [-0.3, -0.25) is 14.6 Å². The van der Waals surface area contributed by atoms with Crippen molar-refractivity contribution in [2.45, 2.75) is 89.3 Å². The van der Waals surface area contributed by atoms with E-state index in [0.29, 0.717) is 70.4 Å². The highest BCUT2D eigenvalue weighted by molar-refractivity contribution is 6.04. The Morgan fingerprint density at radius 3 is 1.38 bits per heavy atom. The van der Waals surface area contributed by atoms with E-state index < -0.39 is 59.6 Å². The first-order chi connectivity index (χ1) is 30.9. The van der Waals surface area contributed by atoms with E-state index in [9.17, 15) is 45.5 Å². The first-order valence-electron chi connectivity index (χ1n) is 21.0. The minimum absolute atomic E-state index is 0.0645. The van der Waals surface area contributed by atoms with Gasteiger partial charge in [0.15, 0.2) is 17.5 Å². The summed E-state index contributed by atoms with van der Waals surface area (Å²) in [4.78, 5) is 56.1. The summed E-state index contributed by atoms with van der Waals surface area (Å²) in [7, 11) is 0. The Morgan fingerprint density at radius 1 is 0.631 bits per heavy atom. The van der Waals surface area contributed by atoms with Crippen LogP contribution in [-0.4, -0.2) is 74.8 Å². The zero-order valence-corrected chi connectivity index (χ0v) is 35.5. The average molecular weight is 922 g/mol. The Bertz CT molecular complexity index is 2160. The molecule has 0 aliphatic carbocycles. The van der Waals surface area contributed by atoms with Gasteiger partial charge in [-0.15, -0.1) is 0 Å². The smallest absolute Gasteiger partial charge is 0.416 e. The van der Waals surface area contributed by atoms with Crippen LogP contribution in [0.25, 0.3) is 0 Å². The van der Waals surface area contributed by atoms with Crippen molar-refractivity contribution in [3.8, 4) is 11.5 Å². The van der Waals surface area contributed by atoms with Crippen LogP contribution in [-0.2, 0) is 21.9 Å². The minimum Gasteiger partial charge on any atom is -0.485 e. The second kappa shape index (κ2) is 22.9. The number of unbranched alkanes of at least 4 members (excludes halogenated alkanes) is 3. The molecule has 0 spiro atoms. The van der Waals surface area contributed by atoms with E-state index >= 15 is 0 Å². The summed E-state index contributed by atoms with van der Waals surface area (Å²) < 4.78 is 96.9. The number of nitrogens with one attached hydrogen (secondary N) is 8. The van der Waals surface area contributed by atoms with E-state index in [0.717, 1.165) is 25.0 Å². The van der Waals surface area contributed by atoms with Crippen molar-refractivity contribution in [1.29, 1.82) is 0 Å². The topological polar surface area (TPSA) is 247 Å². The quantitative estimate of drug-likeness (QED) is 0.0247. The Balaban J connectivity index is 1.31. The predicted molar refractivity (Wildman–Crippen MR) is 234 cm³/mol. The van der Waals surface area contributed by atoms with Crippen molar-refractivity contribution < 1.29 is 55.0 Å². The molecule has 12 N–H and O–H groups in total. The van der Waals surface area contributed by atoms with Crippen LogP contribution in [0.4, 0.5) is 70.1 Å². The van der Waals surface area contributed by atoms with Crippen molar-refractivity contribution in [1.82, 2.24) is 10.6 Å². The van der Waals surface area contributed by atoms with Crippen molar-refractivity contribution in [2.75, 3.05) is 64.6 Å². The molecule has 5 rings (SSSR count). The number of guanidine groups is 1. The second-order valence-electron chi connectivity index (χ2n) is 15.3. The number of urea groups is 2. The fourth-order valence-electron chi connectivity index (χ4n) is 6.77. The van der Waals surface area contributed by atoms with Gasteiger partial charge in [0.25, 0.3) is 0 Å². The molecule has 2 aliphatic rings. The van der Waals surface area contributed by atoms with Crippen LogP contribution in [0.3, 0.4) is 0 Å². The molecule has 2 fully saturated rings. The van der Waals surface area contributed by atoms with Crippen molar-refractivity contribution in [3.63, 3.8) is 0 Å². The molecule has 354 valence electrons. The number of alkyl halides is 6. The van der Waals surface area contributed by atoms with Crippen LogP contribution >= 0.6 is 0 Å². The van der Waals surface area contributed by atoms with Crippen molar-refractivity contribution in [2.24, 2.45) is 16.5 Å². The van der Waals surface area contributed by atoms with Crippen molar-refractivity contribution >= 4 is 64.0 Å². The van der Waals surface area contributed by atoms with Crippen LogP contribution in [0.2, 0.25) is 0 Å². The number of aliphatic imine (C=N–C) groups is 1. The van der Waals surface area contributed by atoms with Crippen molar-refractivity contribution in [3.05, 3.63) is 59.7 Å². The lowest BCUT2D eigenvalue weighted by molar-refractivity contribution is -0.138. The van der Waals surface area contributed by atoms with Gasteiger partial charge in [-0.05, 0) is 93.7 Å². The maximum Gasteiger partial charge on any atom is 0.416 e. The fourth-order valence-corrected chi connectivity index (χ4v) is 6.77. The number of hydrogen-bond acceptors (Lipinski definition) is 9. The molecule has 0 bridgehead atoms. The molecule has 2 heterocycles. The van der Waals surface area contributed by atoms with E-state index in [4.69, 9.17) is 20.9 Å². The van der Waals surface area contributed by atoms with E-state index in [2.05, 4.69) is 47.5 Å². The van der Waals surface area contributed by atoms with Gasteiger partial charge in [0, 0.05) is 43.9 Å². The number of carbonyl (C=O) groups excluding carboxylic acids is 4. The third-order valence-corrected chi connectivity index (χ3v) is 9.99. The minimum atomic E-state index is -4.88. The molecule has 3 aromatic carbocycles. The summed E-state index contributed by atoms with van der Waals surface area (Å²) in [5.74, 6) is -1.60. The number of nitrogens with zero attached hydrogens (tertiary/aromatic N) is 1. The molecule has 2 saturated heterocycles. The van der Waals surface area contributed by atoms with Crippen LogP contribution < -0.4 is 63.5 Å². The zero-order chi connectivity index (χ0) is 47.1. The molecular formula is C42H53F6N11O6. The SMILES string of the molecule is CCCCCC(=O)Nc1cc(C(F)(F)F)cc(NC(=O)Nc2ccc(NC(=O)Nc3cc(C(F)(F)F)cc(NC(=O)CCCCN=C(N)N)c3OC3CCNC3)cc2)c1OC1CCNC1. The average Bonchev–Trinajstić information content (AvgIpc) is 3.95. The molecular weight excluding hydrogens is 869 g/mol. The number of nitrogens with two attached hydrogens (primary N) is 2. The zero-order valence-electron chi connectivity index (χ0n) is 35.5. The molecule has 2 atom stereocenters.